The second-order valence-corrected chi connectivity index (χ2v) is 6.36. The molecule has 2 nitrogen and oxygen atoms in total. The highest BCUT2D eigenvalue weighted by molar-refractivity contribution is 9.10. The van der Waals surface area contributed by atoms with Crippen LogP contribution in [-0.2, 0) is 6.54 Å². The molecule has 0 spiro atoms. The lowest BCUT2D eigenvalue weighted by Crippen LogP contribution is -2.26. The quantitative estimate of drug-likeness (QED) is 0.902. The van der Waals surface area contributed by atoms with Crippen molar-refractivity contribution in [1.29, 1.82) is 0 Å². The Morgan fingerprint density at radius 3 is 2.67 bits per heavy atom. The highest BCUT2D eigenvalue weighted by atomic mass is 79.9. The van der Waals surface area contributed by atoms with Crippen LogP contribution in [-0.4, -0.2) is 23.1 Å². The lowest BCUT2D eigenvalue weighted by Gasteiger charge is -2.26. The van der Waals surface area contributed by atoms with Crippen LogP contribution >= 0.6 is 15.9 Å². The number of hydrogen-bond acceptors (Lipinski definition) is 2. The molecule has 0 bridgehead atoms. The monoisotopic (exact) mass is 311 g/mol. The van der Waals surface area contributed by atoms with Crippen LogP contribution in [0.1, 0.15) is 38.7 Å². The Hall–Kier alpha value is -0.540. The number of benzene rings is 1. The molecule has 0 radical (unpaired) electrons. The van der Waals surface area contributed by atoms with E-state index in [0.717, 1.165) is 29.7 Å². The zero-order valence-electron chi connectivity index (χ0n) is 11.2. The number of hydrogen-bond donors (Lipinski definition) is 1. The van der Waals surface area contributed by atoms with Crippen molar-refractivity contribution in [3.05, 3.63) is 28.2 Å². The largest absolute Gasteiger partial charge is 0.508 e. The molecule has 1 saturated heterocycles. The Morgan fingerprint density at radius 2 is 2.06 bits per heavy atom. The molecule has 0 unspecified atom stereocenters. The van der Waals surface area contributed by atoms with E-state index in [-0.39, 0.29) is 0 Å². The predicted octanol–water partition coefficient (Wildman–Crippen LogP) is 4.17. The van der Waals surface area contributed by atoms with Crippen LogP contribution in [0.4, 0.5) is 0 Å². The van der Waals surface area contributed by atoms with E-state index in [0.29, 0.717) is 11.2 Å². The molecule has 3 heteroatoms. The first kappa shape index (κ1) is 13.9. The zero-order valence-corrected chi connectivity index (χ0v) is 12.8. The molecule has 1 aromatic rings. The number of rotatable bonds is 4. The van der Waals surface area contributed by atoms with Crippen LogP contribution in [0.3, 0.4) is 0 Å². The first-order valence-electron chi connectivity index (χ1n) is 6.78. The molecule has 100 valence electrons. The minimum atomic E-state index is 0.406. The first-order chi connectivity index (χ1) is 8.58. The zero-order chi connectivity index (χ0) is 13.2. The minimum absolute atomic E-state index is 0.406. The molecule has 0 aliphatic carbocycles. The highest BCUT2D eigenvalue weighted by Crippen LogP contribution is 2.38. The lowest BCUT2D eigenvalue weighted by molar-refractivity contribution is 0.234. The van der Waals surface area contributed by atoms with Crippen molar-refractivity contribution in [3.8, 4) is 5.75 Å². The van der Waals surface area contributed by atoms with Gasteiger partial charge < -0.3 is 5.11 Å². The number of aromatic hydroxyl groups is 1. The molecule has 0 amide bonds. The van der Waals surface area contributed by atoms with Gasteiger partial charge in [0.2, 0.25) is 0 Å². The molecule has 1 heterocycles. The molecular weight excluding hydrogens is 290 g/mol. The highest BCUT2D eigenvalue weighted by Gasteiger charge is 2.34. The van der Waals surface area contributed by atoms with Gasteiger partial charge in [-0.2, -0.15) is 0 Å². The van der Waals surface area contributed by atoms with E-state index in [1.165, 1.54) is 19.3 Å². The molecule has 18 heavy (non-hydrogen) atoms. The van der Waals surface area contributed by atoms with Gasteiger partial charge in [-0.3, -0.25) is 4.90 Å². The van der Waals surface area contributed by atoms with Crippen LogP contribution < -0.4 is 0 Å². The average Bonchev–Trinajstić information content (AvgIpc) is 2.78. The van der Waals surface area contributed by atoms with E-state index in [1.54, 1.807) is 6.07 Å². The second kappa shape index (κ2) is 5.62. The fraction of sp³-hybridized carbons (Fsp3) is 0.600. The number of nitrogens with zero attached hydrogens (tertiary/aromatic N) is 1. The average molecular weight is 312 g/mol. The van der Waals surface area contributed by atoms with Crippen molar-refractivity contribution >= 4 is 15.9 Å². The van der Waals surface area contributed by atoms with Crippen molar-refractivity contribution < 1.29 is 5.11 Å². The number of phenols is 1. The van der Waals surface area contributed by atoms with Gasteiger partial charge in [0.25, 0.3) is 0 Å². The van der Waals surface area contributed by atoms with Gasteiger partial charge in [0.1, 0.15) is 5.75 Å². The summed E-state index contributed by atoms with van der Waals surface area (Å²) in [6.45, 7) is 7.75. The normalized spacial score (nSPS) is 19.3. The number of likely N-dealkylation sites (tertiary alicyclic amines) is 1. The van der Waals surface area contributed by atoms with E-state index in [2.05, 4.69) is 34.7 Å². The van der Waals surface area contributed by atoms with Crippen molar-refractivity contribution in [2.45, 2.75) is 39.7 Å². The van der Waals surface area contributed by atoms with E-state index in [1.807, 2.05) is 12.1 Å². The standard InChI is InChI=1S/C15H22BrNO/c1-3-15(4-2)7-8-17(11-15)10-12-9-13(16)5-6-14(12)18/h5-6,9,18H,3-4,7-8,10-11H2,1-2H3. The maximum absolute atomic E-state index is 9.89. The Bertz CT molecular complexity index is 415. The molecule has 1 fully saturated rings. The van der Waals surface area contributed by atoms with Crippen LogP contribution in [0.25, 0.3) is 0 Å². The van der Waals surface area contributed by atoms with Crippen LogP contribution in [0.2, 0.25) is 0 Å². The summed E-state index contributed by atoms with van der Waals surface area (Å²) in [7, 11) is 0. The smallest absolute Gasteiger partial charge is 0.120 e. The first-order valence-corrected chi connectivity index (χ1v) is 7.57. The van der Waals surface area contributed by atoms with E-state index >= 15 is 0 Å². The number of halogens is 1. The van der Waals surface area contributed by atoms with Gasteiger partial charge in [-0.15, -0.1) is 0 Å². The molecule has 2 rings (SSSR count). The van der Waals surface area contributed by atoms with Crippen LogP contribution in [0.5, 0.6) is 5.75 Å². The molecule has 0 aromatic heterocycles. The van der Waals surface area contributed by atoms with Crippen molar-refractivity contribution in [3.63, 3.8) is 0 Å². The maximum Gasteiger partial charge on any atom is 0.120 e. The topological polar surface area (TPSA) is 23.5 Å². The Morgan fingerprint density at radius 1 is 1.33 bits per heavy atom. The van der Waals surface area contributed by atoms with Crippen molar-refractivity contribution in [2.75, 3.05) is 13.1 Å². The summed E-state index contributed by atoms with van der Waals surface area (Å²) < 4.78 is 1.03. The molecule has 0 saturated carbocycles. The third kappa shape index (κ3) is 2.89. The molecule has 1 aromatic carbocycles. The summed E-state index contributed by atoms with van der Waals surface area (Å²) >= 11 is 3.47. The van der Waals surface area contributed by atoms with Crippen LogP contribution in [0.15, 0.2) is 22.7 Å². The van der Waals surface area contributed by atoms with Gasteiger partial charge in [-0.25, -0.2) is 0 Å². The predicted molar refractivity (Wildman–Crippen MR) is 78.7 cm³/mol. The molecule has 1 aliphatic heterocycles. The van der Waals surface area contributed by atoms with E-state index in [4.69, 9.17) is 0 Å². The maximum atomic E-state index is 9.89. The molecular formula is C15H22BrNO. The fourth-order valence-corrected chi connectivity index (χ4v) is 3.32. The van der Waals surface area contributed by atoms with Crippen molar-refractivity contribution in [1.82, 2.24) is 4.90 Å². The summed E-state index contributed by atoms with van der Waals surface area (Å²) in [6, 6.07) is 5.67. The Balaban J connectivity index is 2.05. The summed E-state index contributed by atoms with van der Waals surface area (Å²) in [5.41, 5.74) is 1.52. The minimum Gasteiger partial charge on any atom is -0.508 e. The van der Waals surface area contributed by atoms with E-state index in [9.17, 15) is 5.11 Å². The molecule has 0 atom stereocenters. The Kier molecular flexibility index (Phi) is 4.33. The van der Waals surface area contributed by atoms with Gasteiger partial charge in [0.15, 0.2) is 0 Å². The fourth-order valence-electron chi connectivity index (χ4n) is 2.91. The van der Waals surface area contributed by atoms with Gasteiger partial charge in [-0.1, -0.05) is 29.8 Å². The van der Waals surface area contributed by atoms with Gasteiger partial charge in [-0.05, 0) is 49.4 Å². The summed E-state index contributed by atoms with van der Waals surface area (Å²) in [5.74, 6) is 0.406. The second-order valence-electron chi connectivity index (χ2n) is 5.44. The van der Waals surface area contributed by atoms with Gasteiger partial charge >= 0.3 is 0 Å². The summed E-state index contributed by atoms with van der Waals surface area (Å²) in [5, 5.41) is 9.89. The SMILES string of the molecule is CCC1(CC)CCN(Cc2cc(Br)ccc2O)C1. The summed E-state index contributed by atoms with van der Waals surface area (Å²) in [4.78, 5) is 2.47. The molecule has 1 N–H and O–H groups in total. The van der Waals surface area contributed by atoms with Crippen LogP contribution in [0, 0.1) is 5.41 Å². The third-order valence-corrected chi connectivity index (χ3v) is 4.95. The Labute approximate surface area is 118 Å². The van der Waals surface area contributed by atoms with Crippen molar-refractivity contribution in [2.24, 2.45) is 5.41 Å². The number of phenolic OH excluding ortho intramolecular Hbond substituents is 1. The molecule has 1 aliphatic rings. The van der Waals surface area contributed by atoms with Gasteiger partial charge in [0.05, 0.1) is 0 Å². The van der Waals surface area contributed by atoms with Gasteiger partial charge in [0, 0.05) is 23.1 Å². The summed E-state index contributed by atoms with van der Waals surface area (Å²) in [6.07, 6.45) is 3.80. The van der Waals surface area contributed by atoms with E-state index < -0.39 is 0 Å². The lowest BCUT2D eigenvalue weighted by atomic mass is 9.82. The third-order valence-electron chi connectivity index (χ3n) is 4.45.